The van der Waals surface area contributed by atoms with E-state index in [-0.39, 0.29) is 6.71 Å². The number of hydrogen-bond acceptors (Lipinski definition) is 2. The van der Waals surface area contributed by atoms with Gasteiger partial charge in [-0.1, -0.05) is 104 Å². The summed E-state index contributed by atoms with van der Waals surface area (Å²) in [5.41, 5.74) is 14.1. The van der Waals surface area contributed by atoms with Crippen molar-refractivity contribution in [1.29, 1.82) is 0 Å². The summed E-state index contributed by atoms with van der Waals surface area (Å²) in [5, 5.41) is 8.46. The lowest BCUT2D eigenvalue weighted by molar-refractivity contribution is 0.715. The standard InChI is InChI=1S/C27H30BN3/c1-17-11-19(3)26(20(4)12-17)28(27-21(5)13-18(2)14-22(27)6)24-10-8-9-23(15-24)25-16-31(7)30-29-25/h8-16H,1-7H3. The quantitative estimate of drug-likeness (QED) is 0.481. The Bertz CT molecular complexity index is 1170. The van der Waals surface area contributed by atoms with Crippen molar-refractivity contribution in [2.24, 2.45) is 7.05 Å². The van der Waals surface area contributed by atoms with Crippen LogP contribution in [0.2, 0.25) is 0 Å². The number of nitrogens with zero attached hydrogens (tertiary/aromatic N) is 3. The van der Waals surface area contributed by atoms with Gasteiger partial charge in [0.25, 0.3) is 0 Å². The minimum Gasteiger partial charge on any atom is -0.255 e. The van der Waals surface area contributed by atoms with E-state index in [1.807, 2.05) is 13.2 Å². The third kappa shape index (κ3) is 4.07. The maximum atomic E-state index is 4.34. The monoisotopic (exact) mass is 407 g/mol. The molecule has 0 fully saturated rings. The van der Waals surface area contributed by atoms with Crippen LogP contribution in [0.5, 0.6) is 0 Å². The average molecular weight is 407 g/mol. The molecule has 1 heterocycles. The molecule has 1 aromatic heterocycles. The summed E-state index contributed by atoms with van der Waals surface area (Å²) < 4.78 is 1.75. The molecule has 4 rings (SSSR count). The van der Waals surface area contributed by atoms with Crippen molar-refractivity contribution < 1.29 is 0 Å². The Balaban J connectivity index is 1.99. The third-order valence-corrected chi connectivity index (χ3v) is 6.17. The Morgan fingerprint density at radius 1 is 0.710 bits per heavy atom. The van der Waals surface area contributed by atoms with Gasteiger partial charge in [-0.2, -0.15) is 0 Å². The van der Waals surface area contributed by atoms with Gasteiger partial charge < -0.3 is 0 Å². The van der Waals surface area contributed by atoms with Crippen molar-refractivity contribution in [3.05, 3.63) is 88.1 Å². The highest BCUT2D eigenvalue weighted by Crippen LogP contribution is 2.17. The maximum absolute atomic E-state index is 4.34. The van der Waals surface area contributed by atoms with Crippen LogP contribution in [-0.4, -0.2) is 21.7 Å². The Hall–Kier alpha value is -3.14. The lowest BCUT2D eigenvalue weighted by atomic mass is 9.34. The summed E-state index contributed by atoms with van der Waals surface area (Å²) in [5.74, 6) is 0. The average Bonchev–Trinajstić information content (AvgIpc) is 3.12. The molecule has 0 aliphatic heterocycles. The van der Waals surface area contributed by atoms with Crippen LogP contribution in [0, 0.1) is 41.5 Å². The second kappa shape index (κ2) is 8.18. The topological polar surface area (TPSA) is 30.7 Å². The van der Waals surface area contributed by atoms with Crippen molar-refractivity contribution in [1.82, 2.24) is 15.0 Å². The van der Waals surface area contributed by atoms with Crippen LogP contribution in [0.25, 0.3) is 11.3 Å². The van der Waals surface area contributed by atoms with Gasteiger partial charge in [-0.3, -0.25) is 4.68 Å². The molecule has 0 amide bonds. The van der Waals surface area contributed by atoms with E-state index in [1.54, 1.807) is 4.68 Å². The van der Waals surface area contributed by atoms with E-state index in [0.717, 1.165) is 11.3 Å². The fourth-order valence-corrected chi connectivity index (χ4v) is 5.13. The zero-order valence-corrected chi connectivity index (χ0v) is 19.6. The van der Waals surface area contributed by atoms with Crippen LogP contribution in [-0.2, 0) is 7.05 Å². The number of benzene rings is 3. The summed E-state index contributed by atoms with van der Waals surface area (Å²) in [6, 6.07) is 18.0. The Morgan fingerprint density at radius 3 is 1.68 bits per heavy atom. The lowest BCUT2D eigenvalue weighted by Crippen LogP contribution is -2.55. The van der Waals surface area contributed by atoms with Crippen LogP contribution in [0.1, 0.15) is 33.4 Å². The van der Waals surface area contributed by atoms with Crippen molar-refractivity contribution in [3.8, 4) is 11.3 Å². The largest absolute Gasteiger partial charge is 0.255 e. The normalized spacial score (nSPS) is 11.1. The molecule has 0 spiro atoms. The van der Waals surface area contributed by atoms with E-state index in [9.17, 15) is 0 Å². The minimum atomic E-state index is 0.165. The van der Waals surface area contributed by atoms with E-state index >= 15 is 0 Å². The minimum absolute atomic E-state index is 0.165. The maximum Gasteiger partial charge on any atom is 0.242 e. The Morgan fingerprint density at radius 2 is 1.23 bits per heavy atom. The first-order valence-corrected chi connectivity index (χ1v) is 10.9. The summed E-state index contributed by atoms with van der Waals surface area (Å²) in [4.78, 5) is 0. The van der Waals surface area contributed by atoms with Crippen molar-refractivity contribution in [2.75, 3.05) is 0 Å². The molecule has 0 radical (unpaired) electrons. The van der Waals surface area contributed by atoms with E-state index in [2.05, 4.69) is 100 Å². The molecule has 0 bridgehead atoms. The van der Waals surface area contributed by atoms with E-state index < -0.39 is 0 Å². The number of rotatable bonds is 4. The first-order valence-electron chi connectivity index (χ1n) is 10.9. The molecule has 0 saturated carbocycles. The molecule has 0 saturated heterocycles. The molecule has 156 valence electrons. The highest BCUT2D eigenvalue weighted by atomic mass is 15.4. The predicted octanol–water partition coefficient (Wildman–Crippen LogP) is 3.85. The van der Waals surface area contributed by atoms with Gasteiger partial charge in [0.05, 0.1) is 6.20 Å². The number of aromatic nitrogens is 3. The summed E-state index contributed by atoms with van der Waals surface area (Å²) in [7, 11) is 1.90. The molecule has 0 aliphatic rings. The molecular weight excluding hydrogens is 377 g/mol. The van der Waals surface area contributed by atoms with Crippen LogP contribution in [0.4, 0.5) is 0 Å². The van der Waals surface area contributed by atoms with Gasteiger partial charge in [-0.25, -0.2) is 0 Å². The molecule has 0 N–H and O–H groups in total. The lowest BCUT2D eigenvalue weighted by Gasteiger charge is -2.25. The highest BCUT2D eigenvalue weighted by molar-refractivity contribution is 6.96. The van der Waals surface area contributed by atoms with E-state index in [4.69, 9.17) is 0 Å². The smallest absolute Gasteiger partial charge is 0.242 e. The van der Waals surface area contributed by atoms with Gasteiger partial charge in [0.1, 0.15) is 5.69 Å². The van der Waals surface area contributed by atoms with Gasteiger partial charge >= 0.3 is 0 Å². The predicted molar refractivity (Wildman–Crippen MR) is 132 cm³/mol. The van der Waals surface area contributed by atoms with Gasteiger partial charge in [0, 0.05) is 12.6 Å². The molecule has 0 atom stereocenters. The highest BCUT2D eigenvalue weighted by Gasteiger charge is 2.28. The van der Waals surface area contributed by atoms with Gasteiger partial charge in [0.2, 0.25) is 6.71 Å². The molecule has 3 aromatic carbocycles. The SMILES string of the molecule is Cc1cc(C)c(B(c2cccc(-c3cn(C)nn3)c2)c2c(C)cc(C)cc2C)c(C)c1. The van der Waals surface area contributed by atoms with E-state index in [0.29, 0.717) is 0 Å². The van der Waals surface area contributed by atoms with Crippen molar-refractivity contribution in [2.45, 2.75) is 41.5 Å². The van der Waals surface area contributed by atoms with Crippen molar-refractivity contribution in [3.63, 3.8) is 0 Å². The first-order chi connectivity index (χ1) is 14.7. The van der Waals surface area contributed by atoms with Gasteiger partial charge in [-0.15, -0.1) is 5.10 Å². The first kappa shape index (κ1) is 21.1. The zero-order valence-electron chi connectivity index (χ0n) is 19.6. The molecule has 0 aliphatic carbocycles. The summed E-state index contributed by atoms with van der Waals surface area (Å²) >= 11 is 0. The third-order valence-electron chi connectivity index (χ3n) is 6.17. The number of aryl methyl sites for hydroxylation is 7. The molecule has 4 aromatic rings. The fraction of sp³-hybridized carbons (Fsp3) is 0.259. The van der Waals surface area contributed by atoms with Gasteiger partial charge in [0.15, 0.2) is 0 Å². The van der Waals surface area contributed by atoms with Crippen LogP contribution < -0.4 is 16.4 Å². The van der Waals surface area contributed by atoms with Crippen LogP contribution >= 0.6 is 0 Å². The van der Waals surface area contributed by atoms with Crippen molar-refractivity contribution >= 4 is 23.1 Å². The summed E-state index contributed by atoms with van der Waals surface area (Å²) in [6.07, 6.45) is 1.97. The summed E-state index contributed by atoms with van der Waals surface area (Å²) in [6.45, 7) is 13.5. The van der Waals surface area contributed by atoms with Crippen LogP contribution in [0.15, 0.2) is 54.7 Å². The fourth-order valence-electron chi connectivity index (χ4n) is 5.13. The molecule has 3 nitrogen and oxygen atoms in total. The number of hydrogen-bond donors (Lipinski definition) is 0. The molecule has 31 heavy (non-hydrogen) atoms. The molecular formula is C27H30BN3. The second-order valence-corrected chi connectivity index (χ2v) is 8.96. The molecule has 4 heteroatoms. The van der Waals surface area contributed by atoms with Crippen LogP contribution in [0.3, 0.4) is 0 Å². The van der Waals surface area contributed by atoms with Gasteiger partial charge in [-0.05, 0) is 41.5 Å². The van der Waals surface area contributed by atoms with E-state index in [1.165, 1.54) is 49.8 Å². The molecule has 0 unspecified atom stereocenters. The Kier molecular flexibility index (Phi) is 5.57. The zero-order chi connectivity index (χ0) is 22.3. The second-order valence-electron chi connectivity index (χ2n) is 8.96. The Labute approximate surface area is 186 Å².